The fourth-order valence-corrected chi connectivity index (χ4v) is 5.84. The molecule has 2 aromatic carbocycles. The van der Waals surface area contributed by atoms with Gasteiger partial charge in [-0.25, -0.2) is 8.42 Å². The van der Waals surface area contributed by atoms with Crippen LogP contribution in [0, 0.1) is 3.95 Å². The summed E-state index contributed by atoms with van der Waals surface area (Å²) in [6.07, 6.45) is -0.00528. The minimum atomic E-state index is -3.95. The third kappa shape index (κ3) is 8.50. The molecule has 0 unspecified atom stereocenters. The first-order chi connectivity index (χ1) is 17.3. The van der Waals surface area contributed by atoms with Crippen LogP contribution in [0.25, 0.3) is 0 Å². The summed E-state index contributed by atoms with van der Waals surface area (Å²) >= 11 is 4.98. The van der Waals surface area contributed by atoms with Gasteiger partial charge in [-0.15, -0.1) is 0 Å². The van der Waals surface area contributed by atoms with Crippen LogP contribution in [0.2, 0.25) is 0 Å². The lowest BCUT2D eigenvalue weighted by atomic mass is 10.1. The van der Waals surface area contributed by atoms with Gasteiger partial charge < -0.3 is 24.3 Å². The molecule has 0 radical (unpaired) electrons. The number of ether oxygens (including phenoxy) is 4. The van der Waals surface area contributed by atoms with Gasteiger partial charge in [0.15, 0.2) is 3.95 Å². The van der Waals surface area contributed by atoms with E-state index in [1.165, 1.54) is 39.9 Å². The zero-order valence-electron chi connectivity index (χ0n) is 19.5. The summed E-state index contributed by atoms with van der Waals surface area (Å²) < 4.78 is 50.3. The quantitative estimate of drug-likeness (QED) is 0.168. The second-order valence-corrected chi connectivity index (χ2v) is 11.6. The fraction of sp³-hybridized carbons (Fsp3) is 0.318. The number of carbonyl (C=O) groups excluding carboxylic acids is 1. The maximum absolute atomic E-state index is 13.0. The van der Waals surface area contributed by atoms with E-state index in [1.54, 1.807) is 37.4 Å². The van der Waals surface area contributed by atoms with Crippen molar-refractivity contribution in [3.63, 3.8) is 0 Å². The second kappa shape index (κ2) is 13.6. The number of nitrogens with zero attached hydrogens (tertiary/aromatic N) is 1. The summed E-state index contributed by atoms with van der Waals surface area (Å²) in [7, 11) is 1.69. The first-order valence-electron chi connectivity index (χ1n) is 10.6. The lowest BCUT2D eigenvalue weighted by Gasteiger charge is -2.15. The normalized spacial score (nSPS) is 11.2. The molecule has 0 aliphatic carbocycles. The molecule has 0 saturated carbocycles. The molecule has 194 valence electrons. The summed E-state index contributed by atoms with van der Waals surface area (Å²) in [6, 6.07) is 10.8. The van der Waals surface area contributed by atoms with Crippen molar-refractivity contribution in [2.45, 2.75) is 11.3 Å². The van der Waals surface area contributed by atoms with E-state index in [9.17, 15) is 13.2 Å². The Morgan fingerprint density at radius 2 is 1.78 bits per heavy atom. The predicted octanol–water partition coefficient (Wildman–Crippen LogP) is 3.97. The van der Waals surface area contributed by atoms with Crippen molar-refractivity contribution >= 4 is 59.6 Å². The van der Waals surface area contributed by atoms with E-state index in [2.05, 4.69) is 15.0 Å². The van der Waals surface area contributed by atoms with Gasteiger partial charge in [0, 0.05) is 7.11 Å². The third-order valence-corrected chi connectivity index (χ3v) is 8.48. The molecule has 1 heterocycles. The Balaban J connectivity index is 1.77. The van der Waals surface area contributed by atoms with E-state index in [0.717, 1.165) is 0 Å². The molecule has 0 atom stereocenters. The molecule has 3 aromatic rings. The lowest BCUT2D eigenvalue weighted by molar-refractivity contribution is -0.115. The van der Waals surface area contributed by atoms with Gasteiger partial charge in [-0.3, -0.25) is 9.52 Å². The van der Waals surface area contributed by atoms with Gasteiger partial charge >= 0.3 is 0 Å². The largest absolute Gasteiger partial charge is 0.497 e. The van der Waals surface area contributed by atoms with Crippen LogP contribution < -0.4 is 19.5 Å². The van der Waals surface area contributed by atoms with Crippen LogP contribution in [0.5, 0.6) is 11.5 Å². The van der Waals surface area contributed by atoms with Crippen molar-refractivity contribution in [1.29, 1.82) is 0 Å². The molecule has 14 heteroatoms. The predicted molar refractivity (Wildman–Crippen MR) is 142 cm³/mol. The highest BCUT2D eigenvalue weighted by Gasteiger charge is 2.18. The number of rotatable bonds is 14. The summed E-state index contributed by atoms with van der Waals surface area (Å²) in [5.41, 5.74) is 0.764. The number of methoxy groups -OCH3 is 2. The maximum atomic E-state index is 13.0. The standard InChI is InChI=1S/C22H25N3O7S4/c1-29-9-10-31-11-12-32-19-8-3-15(14-20(26)23-21-24-22(33)35-34-21)13-18(19)25-36(27,28)17-6-4-16(30-2)5-7-17/h3-8,13,25H,9-12,14H2,1-2H3,(H,23,24,26,33). The number of aromatic nitrogens is 1. The molecule has 3 rings (SSSR count). The number of hydrogen-bond acceptors (Lipinski definition) is 11. The van der Waals surface area contributed by atoms with E-state index in [-0.39, 0.29) is 36.1 Å². The first kappa shape index (κ1) is 28.0. The van der Waals surface area contributed by atoms with Gasteiger partial charge in [0.25, 0.3) is 10.0 Å². The SMILES string of the molecule is COCCOCCOc1ccc(CC(=O)Nc2nc(=S)ss2)cc1NS(=O)(=O)c1ccc(OC)cc1. The van der Waals surface area contributed by atoms with Gasteiger partial charge in [0.05, 0.1) is 43.9 Å². The monoisotopic (exact) mass is 571 g/mol. The zero-order chi connectivity index (χ0) is 26.0. The third-order valence-electron chi connectivity index (χ3n) is 4.57. The number of anilines is 2. The number of sulfonamides is 1. The van der Waals surface area contributed by atoms with Gasteiger partial charge in [-0.1, -0.05) is 6.07 Å². The van der Waals surface area contributed by atoms with E-state index in [0.29, 0.717) is 39.4 Å². The highest BCUT2D eigenvalue weighted by Crippen LogP contribution is 2.29. The van der Waals surface area contributed by atoms with Crippen LogP contribution in [0.4, 0.5) is 10.8 Å². The molecule has 1 amide bonds. The highest BCUT2D eigenvalue weighted by molar-refractivity contribution is 7.92. The van der Waals surface area contributed by atoms with Crippen LogP contribution in [0.3, 0.4) is 0 Å². The zero-order valence-corrected chi connectivity index (χ0v) is 22.8. The topological polar surface area (TPSA) is 125 Å². The molecule has 0 saturated heterocycles. The van der Waals surface area contributed by atoms with Crippen molar-refractivity contribution in [3.05, 3.63) is 52.0 Å². The maximum Gasteiger partial charge on any atom is 0.262 e. The summed E-state index contributed by atoms with van der Waals surface area (Å²) in [4.78, 5) is 16.6. The van der Waals surface area contributed by atoms with Gasteiger partial charge in [0.2, 0.25) is 11.0 Å². The Bertz CT molecular complexity index is 1310. The molecule has 2 N–H and O–H groups in total. The van der Waals surface area contributed by atoms with Gasteiger partial charge in [-0.2, -0.15) is 4.98 Å². The molecule has 0 fully saturated rings. The number of hydrogen-bond donors (Lipinski definition) is 2. The van der Waals surface area contributed by atoms with E-state index < -0.39 is 10.0 Å². The van der Waals surface area contributed by atoms with Crippen LogP contribution >= 0.6 is 32.9 Å². The average molecular weight is 572 g/mol. The molecular formula is C22H25N3O7S4. The van der Waals surface area contributed by atoms with Crippen LogP contribution in [-0.2, 0) is 30.7 Å². The van der Waals surface area contributed by atoms with Crippen LogP contribution in [0.1, 0.15) is 5.56 Å². The van der Waals surface area contributed by atoms with Gasteiger partial charge in [0.1, 0.15) is 18.1 Å². The van der Waals surface area contributed by atoms with E-state index in [1.807, 2.05) is 0 Å². The molecule has 0 bridgehead atoms. The van der Waals surface area contributed by atoms with Crippen LogP contribution in [0.15, 0.2) is 47.4 Å². The van der Waals surface area contributed by atoms with E-state index >= 15 is 0 Å². The Labute approximate surface area is 221 Å². The molecule has 36 heavy (non-hydrogen) atoms. The molecule has 0 aliphatic rings. The Hall–Kier alpha value is -2.62. The highest BCUT2D eigenvalue weighted by atomic mass is 32.9. The summed E-state index contributed by atoms with van der Waals surface area (Å²) in [6.45, 7) is 1.35. The van der Waals surface area contributed by atoms with Crippen molar-refractivity contribution in [2.75, 3.05) is 50.7 Å². The Morgan fingerprint density at radius 3 is 2.44 bits per heavy atom. The average Bonchev–Trinajstić information content (AvgIpc) is 3.26. The fourth-order valence-electron chi connectivity index (χ4n) is 2.90. The number of amides is 1. The van der Waals surface area contributed by atoms with Gasteiger partial charge in [-0.05, 0) is 74.9 Å². The first-order valence-corrected chi connectivity index (χ1v) is 14.6. The van der Waals surface area contributed by atoms with Crippen molar-refractivity contribution in [1.82, 2.24) is 4.98 Å². The Kier molecular flexibility index (Phi) is 10.6. The van der Waals surface area contributed by atoms with Crippen molar-refractivity contribution < 1.29 is 32.2 Å². The lowest BCUT2D eigenvalue weighted by Crippen LogP contribution is -2.17. The van der Waals surface area contributed by atoms with Crippen molar-refractivity contribution in [3.8, 4) is 11.5 Å². The minimum absolute atomic E-state index is 0.00528. The number of benzene rings is 2. The molecule has 10 nitrogen and oxygen atoms in total. The number of carbonyl (C=O) groups is 1. The summed E-state index contributed by atoms with van der Waals surface area (Å²) in [5.74, 6) is 0.517. The van der Waals surface area contributed by atoms with Crippen molar-refractivity contribution in [2.24, 2.45) is 0 Å². The minimum Gasteiger partial charge on any atom is -0.497 e. The molecule has 0 aliphatic heterocycles. The van der Waals surface area contributed by atoms with Crippen LogP contribution in [-0.4, -0.2) is 60.0 Å². The molecular weight excluding hydrogens is 547 g/mol. The summed E-state index contributed by atoms with van der Waals surface area (Å²) in [5, 5.41) is 3.11. The van der Waals surface area contributed by atoms with E-state index in [4.69, 9.17) is 31.2 Å². The number of nitrogens with one attached hydrogen (secondary N) is 2. The smallest absolute Gasteiger partial charge is 0.262 e. The second-order valence-electron chi connectivity index (χ2n) is 7.14. The molecule has 1 aromatic heterocycles. The molecule has 0 spiro atoms. The Morgan fingerprint density at radius 1 is 1.03 bits per heavy atom.